The molecule has 1 aliphatic heterocycles. The average Bonchev–Trinajstić information content (AvgIpc) is 2.46. The maximum Gasteiger partial charge on any atom is 0.122 e. The number of benzene rings is 1. The van der Waals surface area contributed by atoms with E-state index in [1.54, 1.807) is 7.11 Å². The topological polar surface area (TPSA) is 24.5 Å². The zero-order valence-corrected chi connectivity index (χ0v) is 14.5. The van der Waals surface area contributed by atoms with Crippen molar-refractivity contribution >= 4 is 21.6 Å². The number of hydrogen-bond acceptors (Lipinski definition) is 3. The minimum Gasteiger partial charge on any atom is -0.497 e. The molecule has 112 valence electrons. The molecule has 0 aliphatic carbocycles. The number of nitrogens with zero attached hydrogens (tertiary/aromatic N) is 1. The Kier molecular flexibility index (Phi) is 4.97. The molecular formula is C16H25BrN2O. The van der Waals surface area contributed by atoms with Crippen molar-refractivity contribution in [3.63, 3.8) is 0 Å². The van der Waals surface area contributed by atoms with Crippen LogP contribution < -0.4 is 15.0 Å². The van der Waals surface area contributed by atoms with E-state index in [0.29, 0.717) is 6.04 Å². The van der Waals surface area contributed by atoms with Gasteiger partial charge in [-0.3, -0.25) is 0 Å². The molecule has 1 aliphatic rings. The molecule has 3 nitrogen and oxygen atoms in total. The summed E-state index contributed by atoms with van der Waals surface area (Å²) in [5, 5.41) is 3.70. The molecule has 0 amide bonds. The van der Waals surface area contributed by atoms with Gasteiger partial charge in [0.05, 0.1) is 7.11 Å². The van der Waals surface area contributed by atoms with Crippen molar-refractivity contribution in [1.82, 2.24) is 5.32 Å². The van der Waals surface area contributed by atoms with Crippen LogP contribution in [0.4, 0.5) is 5.69 Å². The molecule has 20 heavy (non-hydrogen) atoms. The number of ether oxygens (including phenoxy) is 1. The monoisotopic (exact) mass is 340 g/mol. The van der Waals surface area contributed by atoms with Crippen molar-refractivity contribution in [1.29, 1.82) is 0 Å². The van der Waals surface area contributed by atoms with Crippen molar-refractivity contribution in [3.8, 4) is 5.75 Å². The Bertz CT molecular complexity index is 466. The highest BCUT2D eigenvalue weighted by atomic mass is 79.9. The fraction of sp³-hybridized carbons (Fsp3) is 0.625. The molecule has 0 bridgehead atoms. The van der Waals surface area contributed by atoms with E-state index in [2.05, 4.69) is 59.1 Å². The lowest BCUT2D eigenvalue weighted by Gasteiger charge is -2.47. The summed E-state index contributed by atoms with van der Waals surface area (Å²) in [5.74, 6) is 0.904. The largest absolute Gasteiger partial charge is 0.497 e. The first-order valence-electron chi connectivity index (χ1n) is 7.37. The molecule has 1 fully saturated rings. The second kappa shape index (κ2) is 6.35. The van der Waals surface area contributed by atoms with Gasteiger partial charge in [0.25, 0.3) is 0 Å². The van der Waals surface area contributed by atoms with E-state index in [1.807, 2.05) is 6.07 Å². The third-order valence-electron chi connectivity index (χ3n) is 4.40. The lowest BCUT2D eigenvalue weighted by molar-refractivity contribution is 0.276. The van der Waals surface area contributed by atoms with Gasteiger partial charge in [-0.25, -0.2) is 0 Å². The number of hydrogen-bond donors (Lipinski definition) is 1. The van der Waals surface area contributed by atoms with Crippen LogP contribution in [0, 0.1) is 0 Å². The standard InChI is InChI=1S/C16H25BrN2O/c1-5-13-10-18-16(3,6-2)11-19(13)14-7-12(17)8-15(9-14)20-4/h7-9,13,18H,5-6,10-11H2,1-4H3. The summed E-state index contributed by atoms with van der Waals surface area (Å²) in [5.41, 5.74) is 1.42. The third-order valence-corrected chi connectivity index (χ3v) is 4.86. The third kappa shape index (κ3) is 3.29. The maximum absolute atomic E-state index is 5.40. The van der Waals surface area contributed by atoms with Crippen LogP contribution in [0.25, 0.3) is 0 Å². The number of nitrogens with one attached hydrogen (secondary N) is 1. The number of halogens is 1. The smallest absolute Gasteiger partial charge is 0.122 e. The first-order valence-corrected chi connectivity index (χ1v) is 8.17. The highest BCUT2D eigenvalue weighted by Gasteiger charge is 2.34. The Morgan fingerprint density at radius 1 is 1.40 bits per heavy atom. The van der Waals surface area contributed by atoms with E-state index in [1.165, 1.54) is 5.69 Å². The summed E-state index contributed by atoms with van der Waals surface area (Å²) in [6.45, 7) is 8.88. The van der Waals surface area contributed by atoms with Crippen LogP contribution in [0.15, 0.2) is 22.7 Å². The molecule has 1 N–H and O–H groups in total. The summed E-state index contributed by atoms with van der Waals surface area (Å²) >= 11 is 3.59. The first kappa shape index (κ1) is 15.6. The van der Waals surface area contributed by atoms with Gasteiger partial charge in [0.15, 0.2) is 0 Å². The molecule has 0 spiro atoms. The van der Waals surface area contributed by atoms with Gasteiger partial charge in [0.1, 0.15) is 5.75 Å². The Labute approximate surface area is 130 Å². The molecule has 4 heteroatoms. The van der Waals surface area contributed by atoms with Crippen molar-refractivity contribution in [2.45, 2.75) is 45.2 Å². The first-order chi connectivity index (χ1) is 9.51. The lowest BCUT2D eigenvalue weighted by Crippen LogP contribution is -2.62. The number of anilines is 1. The van der Waals surface area contributed by atoms with Crippen LogP contribution in [0.1, 0.15) is 33.6 Å². The van der Waals surface area contributed by atoms with Crippen LogP contribution in [0.3, 0.4) is 0 Å². The molecule has 2 rings (SSSR count). The average molecular weight is 341 g/mol. The summed E-state index contributed by atoms with van der Waals surface area (Å²) in [6, 6.07) is 6.86. The summed E-state index contributed by atoms with van der Waals surface area (Å²) in [6.07, 6.45) is 2.27. The second-order valence-electron chi connectivity index (χ2n) is 5.83. The van der Waals surface area contributed by atoms with E-state index in [4.69, 9.17) is 4.74 Å². The Morgan fingerprint density at radius 3 is 2.75 bits per heavy atom. The fourth-order valence-corrected chi connectivity index (χ4v) is 3.23. The van der Waals surface area contributed by atoms with Crippen molar-refractivity contribution < 1.29 is 4.74 Å². The van der Waals surface area contributed by atoms with Gasteiger partial charge in [-0.1, -0.05) is 29.8 Å². The van der Waals surface area contributed by atoms with Crippen molar-refractivity contribution in [2.75, 3.05) is 25.1 Å². The Balaban J connectivity index is 2.33. The molecule has 1 aromatic carbocycles. The predicted molar refractivity (Wildman–Crippen MR) is 88.8 cm³/mol. The van der Waals surface area contributed by atoms with E-state index >= 15 is 0 Å². The molecule has 1 heterocycles. The molecular weight excluding hydrogens is 316 g/mol. The van der Waals surface area contributed by atoms with Gasteiger partial charge in [-0.2, -0.15) is 0 Å². The quantitative estimate of drug-likeness (QED) is 0.901. The summed E-state index contributed by atoms with van der Waals surface area (Å²) in [7, 11) is 1.72. The molecule has 1 aromatic rings. The molecule has 2 unspecified atom stereocenters. The predicted octanol–water partition coefficient (Wildman–Crippen LogP) is 3.81. The molecule has 1 saturated heterocycles. The Morgan fingerprint density at radius 2 is 2.15 bits per heavy atom. The van der Waals surface area contributed by atoms with Gasteiger partial charge >= 0.3 is 0 Å². The van der Waals surface area contributed by atoms with Gasteiger partial charge in [0, 0.05) is 40.9 Å². The molecule has 0 saturated carbocycles. The zero-order valence-electron chi connectivity index (χ0n) is 12.9. The van der Waals surface area contributed by atoms with E-state index < -0.39 is 0 Å². The fourth-order valence-electron chi connectivity index (χ4n) is 2.77. The van der Waals surface area contributed by atoms with Crippen LogP contribution in [-0.2, 0) is 0 Å². The number of piperazine rings is 1. The van der Waals surface area contributed by atoms with Crippen LogP contribution in [0.2, 0.25) is 0 Å². The van der Waals surface area contributed by atoms with Crippen molar-refractivity contribution in [3.05, 3.63) is 22.7 Å². The van der Waals surface area contributed by atoms with Gasteiger partial charge in [-0.15, -0.1) is 0 Å². The van der Waals surface area contributed by atoms with Crippen LogP contribution in [-0.4, -0.2) is 31.8 Å². The van der Waals surface area contributed by atoms with Crippen LogP contribution in [0.5, 0.6) is 5.75 Å². The molecule has 0 radical (unpaired) electrons. The van der Waals surface area contributed by atoms with Crippen LogP contribution >= 0.6 is 15.9 Å². The second-order valence-corrected chi connectivity index (χ2v) is 6.75. The van der Waals surface area contributed by atoms with Gasteiger partial charge < -0.3 is 15.0 Å². The lowest BCUT2D eigenvalue weighted by atomic mass is 9.92. The molecule has 0 aromatic heterocycles. The van der Waals surface area contributed by atoms with Crippen molar-refractivity contribution in [2.24, 2.45) is 0 Å². The minimum atomic E-state index is 0.182. The van der Waals surface area contributed by atoms with E-state index in [0.717, 1.165) is 36.2 Å². The highest BCUT2D eigenvalue weighted by molar-refractivity contribution is 9.10. The molecule has 2 atom stereocenters. The number of methoxy groups -OCH3 is 1. The highest BCUT2D eigenvalue weighted by Crippen LogP contribution is 2.32. The van der Waals surface area contributed by atoms with Gasteiger partial charge in [0.2, 0.25) is 0 Å². The van der Waals surface area contributed by atoms with E-state index in [-0.39, 0.29) is 5.54 Å². The van der Waals surface area contributed by atoms with E-state index in [9.17, 15) is 0 Å². The van der Waals surface area contributed by atoms with Gasteiger partial charge in [-0.05, 0) is 31.9 Å². The number of rotatable bonds is 4. The zero-order chi connectivity index (χ0) is 14.8. The Hall–Kier alpha value is -0.740. The normalized spacial score (nSPS) is 26.6. The summed E-state index contributed by atoms with van der Waals surface area (Å²) in [4.78, 5) is 2.52. The SMILES string of the molecule is CCC1CNC(C)(CC)CN1c1cc(Br)cc(OC)c1. The maximum atomic E-state index is 5.40. The minimum absolute atomic E-state index is 0.182. The summed E-state index contributed by atoms with van der Waals surface area (Å²) < 4.78 is 6.47.